The van der Waals surface area contributed by atoms with Crippen molar-refractivity contribution >= 4 is 5.69 Å². The number of aromatic nitrogens is 2. The summed E-state index contributed by atoms with van der Waals surface area (Å²) >= 11 is 0. The van der Waals surface area contributed by atoms with Gasteiger partial charge in [0.25, 0.3) is 0 Å². The molecule has 2 aromatic rings. The van der Waals surface area contributed by atoms with Gasteiger partial charge in [-0.05, 0) is 31.2 Å². The van der Waals surface area contributed by atoms with Gasteiger partial charge >= 0.3 is 5.76 Å². The van der Waals surface area contributed by atoms with E-state index in [4.69, 9.17) is 4.74 Å². The van der Waals surface area contributed by atoms with Crippen LogP contribution in [0.4, 0.5) is 5.69 Å². The van der Waals surface area contributed by atoms with Crippen LogP contribution in [0.15, 0.2) is 33.5 Å². The molecule has 1 aromatic carbocycles. The van der Waals surface area contributed by atoms with Crippen LogP contribution in [0, 0.1) is 0 Å². The zero-order valence-corrected chi connectivity index (χ0v) is 10.4. The van der Waals surface area contributed by atoms with Crippen molar-refractivity contribution in [3.05, 3.63) is 40.7 Å². The molecule has 0 aliphatic carbocycles. The van der Waals surface area contributed by atoms with E-state index >= 15 is 0 Å². The molecule has 0 amide bonds. The van der Waals surface area contributed by atoms with Gasteiger partial charge in [-0.1, -0.05) is 0 Å². The number of anilines is 1. The van der Waals surface area contributed by atoms with Crippen molar-refractivity contribution in [2.45, 2.75) is 13.0 Å². The molecule has 3 N–H and O–H groups in total. The summed E-state index contributed by atoms with van der Waals surface area (Å²) in [6.45, 7) is 2.71. The topological polar surface area (TPSA) is 100 Å². The Labute approximate surface area is 109 Å². The zero-order valence-electron chi connectivity index (χ0n) is 10.4. The maximum absolute atomic E-state index is 10.7. The molecule has 1 heterocycles. The molecular formula is C12H15N3O4. The molecular weight excluding hydrogens is 250 g/mol. The number of nitrogens with one attached hydrogen (secondary N) is 2. The molecule has 0 saturated carbocycles. The molecule has 1 atom stereocenters. The summed E-state index contributed by atoms with van der Waals surface area (Å²) in [6.07, 6.45) is -0.995. The molecule has 102 valence electrons. The molecule has 0 aliphatic rings. The number of H-pyrrole nitrogens is 1. The standard InChI is InChI=1S/C12H15N3O4/c1-2-18-9-5-3-8(4-6-9)13-7-10(16)11-14-15-12(17)19-11/h3-6,10,13,16H,2,7H2,1H3,(H,15,17). The lowest BCUT2D eigenvalue weighted by Gasteiger charge is -2.10. The molecule has 0 spiro atoms. The highest BCUT2D eigenvalue weighted by atomic mass is 16.5. The van der Waals surface area contributed by atoms with Gasteiger partial charge in [0, 0.05) is 12.2 Å². The van der Waals surface area contributed by atoms with Crippen molar-refractivity contribution in [2.24, 2.45) is 0 Å². The third-order valence-corrected chi connectivity index (χ3v) is 2.40. The Morgan fingerprint density at radius 3 is 2.79 bits per heavy atom. The minimum Gasteiger partial charge on any atom is -0.494 e. The van der Waals surface area contributed by atoms with Crippen LogP contribution >= 0.6 is 0 Å². The molecule has 0 saturated heterocycles. The molecule has 0 fully saturated rings. The number of aliphatic hydroxyl groups is 1. The SMILES string of the molecule is CCOc1ccc(NCC(O)c2n[nH]c(=O)o2)cc1. The maximum Gasteiger partial charge on any atom is 0.434 e. The molecule has 0 aliphatic heterocycles. The van der Waals surface area contributed by atoms with Gasteiger partial charge in [-0.15, -0.1) is 5.10 Å². The Hall–Kier alpha value is -2.28. The Bertz CT molecular complexity index is 561. The smallest absolute Gasteiger partial charge is 0.434 e. The van der Waals surface area contributed by atoms with Crippen molar-refractivity contribution in [1.29, 1.82) is 0 Å². The number of benzene rings is 1. The molecule has 7 heteroatoms. The molecule has 7 nitrogen and oxygen atoms in total. The van der Waals surface area contributed by atoms with E-state index in [0.29, 0.717) is 6.61 Å². The van der Waals surface area contributed by atoms with Crippen LogP contribution in [-0.4, -0.2) is 28.5 Å². The highest BCUT2D eigenvalue weighted by molar-refractivity contribution is 5.46. The molecule has 1 aromatic heterocycles. The van der Waals surface area contributed by atoms with Gasteiger partial charge in [0.2, 0.25) is 5.89 Å². The van der Waals surface area contributed by atoms with Crippen LogP contribution in [0.3, 0.4) is 0 Å². The second-order valence-electron chi connectivity index (χ2n) is 3.81. The molecule has 2 rings (SSSR count). The number of nitrogens with zero attached hydrogens (tertiary/aromatic N) is 1. The lowest BCUT2D eigenvalue weighted by molar-refractivity contribution is 0.154. The number of hydrogen-bond donors (Lipinski definition) is 3. The Morgan fingerprint density at radius 1 is 1.47 bits per heavy atom. The first kappa shape index (κ1) is 13.2. The quantitative estimate of drug-likeness (QED) is 0.717. The van der Waals surface area contributed by atoms with E-state index < -0.39 is 11.9 Å². The summed E-state index contributed by atoms with van der Waals surface area (Å²) in [4.78, 5) is 10.7. The first-order chi connectivity index (χ1) is 9.19. The second-order valence-corrected chi connectivity index (χ2v) is 3.81. The van der Waals surface area contributed by atoms with Crippen molar-refractivity contribution in [3.63, 3.8) is 0 Å². The zero-order chi connectivity index (χ0) is 13.7. The largest absolute Gasteiger partial charge is 0.494 e. The van der Waals surface area contributed by atoms with E-state index in [-0.39, 0.29) is 12.4 Å². The van der Waals surface area contributed by atoms with E-state index in [1.807, 2.05) is 31.2 Å². The Balaban J connectivity index is 1.89. The summed E-state index contributed by atoms with van der Waals surface area (Å²) in [7, 11) is 0. The van der Waals surface area contributed by atoms with Gasteiger partial charge in [0.05, 0.1) is 6.61 Å². The first-order valence-electron chi connectivity index (χ1n) is 5.89. The van der Waals surface area contributed by atoms with E-state index in [1.54, 1.807) is 0 Å². The van der Waals surface area contributed by atoms with E-state index in [9.17, 15) is 9.90 Å². The average molecular weight is 265 g/mol. The predicted molar refractivity (Wildman–Crippen MR) is 68.2 cm³/mol. The Morgan fingerprint density at radius 2 is 2.21 bits per heavy atom. The summed E-state index contributed by atoms with van der Waals surface area (Å²) in [5, 5.41) is 18.4. The van der Waals surface area contributed by atoms with Crippen LogP contribution in [0.1, 0.15) is 18.9 Å². The van der Waals surface area contributed by atoms with E-state index in [0.717, 1.165) is 11.4 Å². The molecule has 19 heavy (non-hydrogen) atoms. The summed E-state index contributed by atoms with van der Waals surface area (Å²) in [5.41, 5.74) is 0.820. The first-order valence-corrected chi connectivity index (χ1v) is 5.89. The lowest BCUT2D eigenvalue weighted by Crippen LogP contribution is -2.12. The molecule has 0 bridgehead atoms. The highest BCUT2D eigenvalue weighted by Gasteiger charge is 2.13. The van der Waals surface area contributed by atoms with Crippen molar-refractivity contribution in [1.82, 2.24) is 10.2 Å². The van der Waals surface area contributed by atoms with Crippen LogP contribution in [0.25, 0.3) is 0 Å². The van der Waals surface area contributed by atoms with Crippen molar-refractivity contribution in [2.75, 3.05) is 18.5 Å². The van der Waals surface area contributed by atoms with Crippen molar-refractivity contribution in [3.8, 4) is 5.75 Å². The summed E-state index contributed by atoms with van der Waals surface area (Å²) < 4.78 is 9.97. The minimum absolute atomic E-state index is 0.0385. The Kier molecular flexibility index (Phi) is 4.19. The van der Waals surface area contributed by atoms with Crippen LogP contribution < -0.4 is 15.8 Å². The number of aliphatic hydroxyl groups excluding tert-OH is 1. The average Bonchev–Trinajstić information content (AvgIpc) is 2.85. The summed E-state index contributed by atoms with van der Waals surface area (Å²) in [5.74, 6) is 0.0606. The fourth-order valence-electron chi connectivity index (χ4n) is 1.52. The van der Waals surface area contributed by atoms with Crippen LogP contribution in [0.2, 0.25) is 0 Å². The normalized spacial score (nSPS) is 12.1. The van der Waals surface area contributed by atoms with Gasteiger partial charge in [-0.3, -0.25) is 0 Å². The van der Waals surface area contributed by atoms with Gasteiger partial charge in [0.15, 0.2) is 0 Å². The van der Waals surface area contributed by atoms with Crippen molar-refractivity contribution < 1.29 is 14.3 Å². The van der Waals surface area contributed by atoms with Gasteiger partial charge in [-0.2, -0.15) is 0 Å². The number of ether oxygens (including phenoxy) is 1. The predicted octanol–water partition coefficient (Wildman–Crippen LogP) is 0.907. The minimum atomic E-state index is -0.995. The number of hydrogen-bond acceptors (Lipinski definition) is 6. The lowest BCUT2D eigenvalue weighted by atomic mass is 10.3. The fourth-order valence-corrected chi connectivity index (χ4v) is 1.52. The van der Waals surface area contributed by atoms with E-state index in [1.165, 1.54) is 0 Å². The second kappa shape index (κ2) is 6.05. The van der Waals surface area contributed by atoms with Crippen LogP contribution in [0.5, 0.6) is 5.75 Å². The van der Waals surface area contributed by atoms with E-state index in [2.05, 4.69) is 19.9 Å². The highest BCUT2D eigenvalue weighted by Crippen LogP contribution is 2.16. The van der Waals surface area contributed by atoms with Gasteiger partial charge in [0.1, 0.15) is 11.9 Å². The fraction of sp³-hybridized carbons (Fsp3) is 0.333. The number of aromatic amines is 1. The number of rotatable bonds is 6. The molecule has 1 unspecified atom stereocenters. The summed E-state index contributed by atoms with van der Waals surface area (Å²) in [6, 6.07) is 7.32. The maximum atomic E-state index is 10.7. The third kappa shape index (κ3) is 3.59. The van der Waals surface area contributed by atoms with Gasteiger partial charge < -0.3 is 19.6 Å². The molecule has 0 radical (unpaired) electrons. The van der Waals surface area contributed by atoms with Gasteiger partial charge in [-0.25, -0.2) is 9.89 Å². The van der Waals surface area contributed by atoms with Crippen LogP contribution in [-0.2, 0) is 0 Å². The monoisotopic (exact) mass is 265 g/mol. The third-order valence-electron chi connectivity index (χ3n) is 2.40.